The standard InChI is InChI=1S/C11H11NO3S/c1-2-16-10-5-3-4-9(8(10)6-12)15-7-11(13)14/h3-5H,2,7H2,1H3,(H,13,14). The minimum Gasteiger partial charge on any atom is -0.480 e. The molecule has 0 bridgehead atoms. The van der Waals surface area contributed by atoms with Gasteiger partial charge in [-0.05, 0) is 17.9 Å². The number of hydrogen-bond donors (Lipinski definition) is 1. The minimum atomic E-state index is -1.06. The molecule has 1 aromatic rings. The summed E-state index contributed by atoms with van der Waals surface area (Å²) in [6, 6.07) is 7.20. The lowest BCUT2D eigenvalue weighted by Gasteiger charge is -2.08. The SMILES string of the molecule is CCSc1cccc(OCC(=O)O)c1C#N. The van der Waals surface area contributed by atoms with Gasteiger partial charge in [0.15, 0.2) is 6.61 Å². The molecule has 0 aliphatic rings. The summed E-state index contributed by atoms with van der Waals surface area (Å²) in [5.41, 5.74) is 0.399. The van der Waals surface area contributed by atoms with Crippen molar-refractivity contribution < 1.29 is 14.6 Å². The zero-order valence-corrected chi connectivity index (χ0v) is 9.58. The molecule has 4 nitrogen and oxygen atoms in total. The summed E-state index contributed by atoms with van der Waals surface area (Å²) in [4.78, 5) is 11.2. The summed E-state index contributed by atoms with van der Waals surface area (Å²) in [6.45, 7) is 1.55. The van der Waals surface area contributed by atoms with Gasteiger partial charge in [-0.3, -0.25) is 0 Å². The van der Waals surface area contributed by atoms with Crippen LogP contribution in [0.2, 0.25) is 0 Å². The number of thioether (sulfide) groups is 1. The Morgan fingerprint density at radius 2 is 2.38 bits per heavy atom. The molecule has 0 atom stereocenters. The highest BCUT2D eigenvalue weighted by Crippen LogP contribution is 2.29. The van der Waals surface area contributed by atoms with Crippen LogP contribution in [-0.2, 0) is 4.79 Å². The largest absolute Gasteiger partial charge is 0.480 e. The monoisotopic (exact) mass is 237 g/mol. The van der Waals surface area contributed by atoms with Crippen LogP contribution in [0.5, 0.6) is 5.75 Å². The first-order valence-electron chi connectivity index (χ1n) is 4.69. The fourth-order valence-corrected chi connectivity index (χ4v) is 1.93. The Hall–Kier alpha value is -1.67. The summed E-state index contributed by atoms with van der Waals surface area (Å²) in [7, 11) is 0. The van der Waals surface area contributed by atoms with Gasteiger partial charge in [-0.2, -0.15) is 5.26 Å². The van der Waals surface area contributed by atoms with E-state index in [2.05, 4.69) is 0 Å². The van der Waals surface area contributed by atoms with Crippen LogP contribution >= 0.6 is 11.8 Å². The molecule has 0 aromatic heterocycles. The molecule has 1 aromatic carbocycles. The van der Waals surface area contributed by atoms with Crippen LogP contribution in [-0.4, -0.2) is 23.4 Å². The first-order chi connectivity index (χ1) is 7.69. The predicted octanol–water partition coefficient (Wildman–Crippen LogP) is 2.13. The van der Waals surface area contributed by atoms with Crippen molar-refractivity contribution in [1.29, 1.82) is 5.26 Å². The predicted molar refractivity (Wildman–Crippen MR) is 60.7 cm³/mol. The number of aliphatic carboxylic acids is 1. The van der Waals surface area contributed by atoms with Crippen molar-refractivity contribution >= 4 is 17.7 Å². The first kappa shape index (κ1) is 12.4. The number of carbonyl (C=O) groups is 1. The molecule has 0 fully saturated rings. The fraction of sp³-hybridized carbons (Fsp3) is 0.273. The highest BCUT2D eigenvalue weighted by molar-refractivity contribution is 7.99. The van der Waals surface area contributed by atoms with Crippen LogP contribution in [0, 0.1) is 11.3 Å². The van der Waals surface area contributed by atoms with Gasteiger partial charge >= 0.3 is 5.97 Å². The Labute approximate surface area is 97.8 Å². The normalized spacial score (nSPS) is 9.50. The fourth-order valence-electron chi connectivity index (χ4n) is 1.16. The summed E-state index contributed by atoms with van der Waals surface area (Å²) in [5.74, 6) is 0.109. The molecule has 0 saturated carbocycles. The molecule has 5 heteroatoms. The van der Waals surface area contributed by atoms with Gasteiger partial charge in [0, 0.05) is 4.90 Å². The summed E-state index contributed by atoms with van der Waals surface area (Å²) >= 11 is 1.52. The van der Waals surface area contributed by atoms with Crippen molar-refractivity contribution in [2.45, 2.75) is 11.8 Å². The van der Waals surface area contributed by atoms with E-state index in [0.717, 1.165) is 10.6 Å². The van der Waals surface area contributed by atoms with Gasteiger partial charge < -0.3 is 9.84 Å². The Kier molecular flexibility index (Phi) is 4.67. The molecular weight excluding hydrogens is 226 g/mol. The van der Waals surface area contributed by atoms with Crippen molar-refractivity contribution in [2.75, 3.05) is 12.4 Å². The number of carboxylic acids is 1. The van der Waals surface area contributed by atoms with Gasteiger partial charge in [0.25, 0.3) is 0 Å². The maximum atomic E-state index is 10.4. The molecule has 16 heavy (non-hydrogen) atoms. The maximum absolute atomic E-state index is 10.4. The van der Waals surface area contributed by atoms with Gasteiger partial charge in [0.1, 0.15) is 17.4 Å². The molecule has 0 amide bonds. The van der Waals surface area contributed by atoms with Gasteiger partial charge in [-0.1, -0.05) is 13.0 Å². The molecule has 1 N–H and O–H groups in total. The first-order valence-corrected chi connectivity index (χ1v) is 5.68. The Balaban J connectivity index is 2.95. The number of carboxylic acid groups (broad SMARTS) is 1. The minimum absolute atomic E-state index is 0.323. The average Bonchev–Trinajstić information content (AvgIpc) is 2.27. The molecule has 0 aliphatic heterocycles. The highest BCUT2D eigenvalue weighted by atomic mass is 32.2. The molecule has 0 saturated heterocycles. The van der Waals surface area contributed by atoms with Crippen LogP contribution in [0.25, 0.3) is 0 Å². The molecule has 0 aliphatic carbocycles. The molecule has 84 valence electrons. The van der Waals surface area contributed by atoms with Crippen LogP contribution < -0.4 is 4.74 Å². The number of ether oxygens (including phenoxy) is 1. The van der Waals surface area contributed by atoms with Gasteiger partial charge in [-0.25, -0.2) is 4.79 Å². The third-order valence-corrected chi connectivity index (χ3v) is 2.69. The zero-order valence-electron chi connectivity index (χ0n) is 8.77. The van der Waals surface area contributed by atoms with Gasteiger partial charge in [-0.15, -0.1) is 11.8 Å². The van der Waals surface area contributed by atoms with E-state index in [4.69, 9.17) is 15.1 Å². The van der Waals surface area contributed by atoms with E-state index in [-0.39, 0.29) is 0 Å². The third kappa shape index (κ3) is 3.17. The second-order valence-electron chi connectivity index (χ2n) is 2.86. The van der Waals surface area contributed by atoms with E-state index in [1.165, 1.54) is 11.8 Å². The highest BCUT2D eigenvalue weighted by Gasteiger charge is 2.10. The number of nitrogens with zero attached hydrogens (tertiary/aromatic N) is 1. The smallest absolute Gasteiger partial charge is 0.341 e. The second kappa shape index (κ2) is 6.03. The quantitative estimate of drug-likeness (QED) is 0.794. The lowest BCUT2D eigenvalue weighted by atomic mass is 10.2. The number of benzene rings is 1. The van der Waals surface area contributed by atoms with Crippen LogP contribution in [0.1, 0.15) is 12.5 Å². The molecule has 0 unspecified atom stereocenters. The maximum Gasteiger partial charge on any atom is 0.341 e. The Morgan fingerprint density at radius 3 is 2.94 bits per heavy atom. The van der Waals surface area contributed by atoms with Crippen LogP contribution in [0.3, 0.4) is 0 Å². The molecule has 0 heterocycles. The molecule has 0 radical (unpaired) electrons. The van der Waals surface area contributed by atoms with Crippen molar-refractivity contribution in [3.8, 4) is 11.8 Å². The zero-order chi connectivity index (χ0) is 12.0. The second-order valence-corrected chi connectivity index (χ2v) is 4.16. The van der Waals surface area contributed by atoms with E-state index in [9.17, 15) is 4.79 Å². The van der Waals surface area contributed by atoms with E-state index in [1.54, 1.807) is 12.1 Å². The average molecular weight is 237 g/mol. The lowest BCUT2D eigenvalue weighted by Crippen LogP contribution is -2.10. The summed E-state index contributed by atoms with van der Waals surface area (Å²) in [6.07, 6.45) is 0. The van der Waals surface area contributed by atoms with E-state index in [1.807, 2.05) is 19.1 Å². The Morgan fingerprint density at radius 1 is 1.62 bits per heavy atom. The van der Waals surface area contributed by atoms with Gasteiger partial charge in [0.05, 0.1) is 0 Å². The van der Waals surface area contributed by atoms with Crippen molar-refractivity contribution in [1.82, 2.24) is 0 Å². The third-order valence-electron chi connectivity index (χ3n) is 1.75. The van der Waals surface area contributed by atoms with E-state index < -0.39 is 12.6 Å². The summed E-state index contributed by atoms with van der Waals surface area (Å²) in [5, 5.41) is 17.5. The van der Waals surface area contributed by atoms with Crippen molar-refractivity contribution in [3.63, 3.8) is 0 Å². The van der Waals surface area contributed by atoms with E-state index in [0.29, 0.717) is 11.3 Å². The molecular formula is C11H11NO3S. The van der Waals surface area contributed by atoms with Crippen LogP contribution in [0.15, 0.2) is 23.1 Å². The van der Waals surface area contributed by atoms with Crippen molar-refractivity contribution in [3.05, 3.63) is 23.8 Å². The topological polar surface area (TPSA) is 70.3 Å². The Bertz CT molecular complexity index is 426. The lowest BCUT2D eigenvalue weighted by molar-refractivity contribution is -0.139. The van der Waals surface area contributed by atoms with E-state index >= 15 is 0 Å². The number of hydrogen-bond acceptors (Lipinski definition) is 4. The molecule has 1 rings (SSSR count). The molecule has 0 spiro atoms. The number of rotatable bonds is 5. The van der Waals surface area contributed by atoms with Crippen LogP contribution in [0.4, 0.5) is 0 Å². The van der Waals surface area contributed by atoms with Crippen molar-refractivity contribution in [2.24, 2.45) is 0 Å². The summed E-state index contributed by atoms with van der Waals surface area (Å²) < 4.78 is 5.04. The number of nitriles is 1. The van der Waals surface area contributed by atoms with Gasteiger partial charge in [0.2, 0.25) is 0 Å².